The summed E-state index contributed by atoms with van der Waals surface area (Å²) in [4.78, 5) is 12.0. The summed E-state index contributed by atoms with van der Waals surface area (Å²) in [6.45, 7) is 1.66. The predicted octanol–water partition coefficient (Wildman–Crippen LogP) is 3.70. The van der Waals surface area contributed by atoms with Crippen LogP contribution >= 0.6 is 11.6 Å². The van der Waals surface area contributed by atoms with Gasteiger partial charge in [0, 0.05) is 12.1 Å². The summed E-state index contributed by atoms with van der Waals surface area (Å²) in [5, 5.41) is 3.02. The maximum atomic E-state index is 13.3. The highest BCUT2D eigenvalue weighted by molar-refractivity contribution is 6.30. The topological polar surface area (TPSA) is 38.3 Å². The van der Waals surface area contributed by atoms with Crippen LogP contribution in [-0.2, 0) is 4.79 Å². The highest BCUT2D eigenvalue weighted by atomic mass is 35.5. The zero-order valence-corrected chi connectivity index (χ0v) is 12.3. The van der Waals surface area contributed by atoms with Gasteiger partial charge in [0.1, 0.15) is 11.6 Å². The smallest absolute Gasteiger partial charge is 0.260 e. The van der Waals surface area contributed by atoms with Crippen molar-refractivity contribution in [1.29, 1.82) is 0 Å². The minimum Gasteiger partial charge on any atom is -0.481 e. The largest absolute Gasteiger partial charge is 0.481 e. The number of benzene rings is 1. The van der Waals surface area contributed by atoms with E-state index in [-0.39, 0.29) is 17.0 Å². The molecule has 5 heteroatoms. The molecule has 3 nitrogen and oxygen atoms in total. The van der Waals surface area contributed by atoms with Crippen molar-refractivity contribution in [3.63, 3.8) is 0 Å². The Labute approximate surface area is 123 Å². The van der Waals surface area contributed by atoms with Crippen LogP contribution in [0.3, 0.4) is 0 Å². The lowest BCUT2D eigenvalue weighted by Gasteiger charge is -2.24. The molecule has 1 saturated carbocycles. The first-order valence-corrected chi connectivity index (χ1v) is 7.36. The fraction of sp³-hybridized carbons (Fsp3) is 0.533. The Morgan fingerprint density at radius 3 is 2.75 bits per heavy atom. The van der Waals surface area contributed by atoms with Gasteiger partial charge in [-0.05, 0) is 31.9 Å². The maximum Gasteiger partial charge on any atom is 0.260 e. The summed E-state index contributed by atoms with van der Waals surface area (Å²) >= 11 is 5.60. The molecule has 1 N–H and O–H groups in total. The molecule has 1 fully saturated rings. The summed E-state index contributed by atoms with van der Waals surface area (Å²) < 4.78 is 18.7. The lowest BCUT2D eigenvalue weighted by Crippen LogP contribution is -2.43. The Balaban J connectivity index is 1.88. The molecule has 110 valence electrons. The summed E-state index contributed by atoms with van der Waals surface area (Å²) in [7, 11) is 0. The van der Waals surface area contributed by atoms with Crippen LogP contribution < -0.4 is 10.1 Å². The Bertz CT molecular complexity index is 475. The molecule has 0 heterocycles. The van der Waals surface area contributed by atoms with E-state index in [0.29, 0.717) is 5.75 Å². The molecular weight excluding hydrogens is 281 g/mol. The zero-order chi connectivity index (χ0) is 14.5. The number of nitrogens with one attached hydrogen (secondary N) is 1. The van der Waals surface area contributed by atoms with Crippen molar-refractivity contribution in [1.82, 2.24) is 5.32 Å². The Morgan fingerprint density at radius 2 is 2.10 bits per heavy atom. The summed E-state index contributed by atoms with van der Waals surface area (Å²) in [5.41, 5.74) is 0. The van der Waals surface area contributed by atoms with Gasteiger partial charge in [-0.2, -0.15) is 0 Å². The molecule has 1 unspecified atom stereocenters. The summed E-state index contributed by atoms with van der Waals surface area (Å²) in [5.74, 6) is -0.408. The number of carbonyl (C=O) groups is 1. The SMILES string of the molecule is CC(Oc1ccc(Cl)c(F)c1)C(=O)NC1CCCCC1. The van der Waals surface area contributed by atoms with Crippen molar-refractivity contribution in [2.45, 2.75) is 51.2 Å². The van der Waals surface area contributed by atoms with Gasteiger partial charge < -0.3 is 10.1 Å². The number of halogens is 2. The molecule has 1 amide bonds. The molecule has 1 atom stereocenters. The van der Waals surface area contributed by atoms with Crippen molar-refractivity contribution in [2.24, 2.45) is 0 Å². The quantitative estimate of drug-likeness (QED) is 0.920. The van der Waals surface area contributed by atoms with E-state index in [1.165, 1.54) is 18.6 Å². The van der Waals surface area contributed by atoms with E-state index >= 15 is 0 Å². The molecule has 0 bridgehead atoms. The number of hydrogen-bond acceptors (Lipinski definition) is 2. The third-order valence-corrected chi connectivity index (χ3v) is 3.83. The molecule has 0 saturated heterocycles. The first kappa shape index (κ1) is 15.1. The standard InChI is InChI=1S/C15H19ClFNO2/c1-10(15(19)18-11-5-3-2-4-6-11)20-12-7-8-13(16)14(17)9-12/h7-11H,2-6H2,1H3,(H,18,19). The second-order valence-electron chi connectivity index (χ2n) is 5.18. The summed E-state index contributed by atoms with van der Waals surface area (Å²) in [6.07, 6.45) is 4.94. The predicted molar refractivity (Wildman–Crippen MR) is 76.5 cm³/mol. The summed E-state index contributed by atoms with van der Waals surface area (Å²) in [6, 6.07) is 4.39. The van der Waals surface area contributed by atoms with Crippen molar-refractivity contribution in [3.8, 4) is 5.75 Å². The number of rotatable bonds is 4. The number of carbonyl (C=O) groups excluding carboxylic acids is 1. The van der Waals surface area contributed by atoms with Crippen LogP contribution in [0.25, 0.3) is 0 Å². The third kappa shape index (κ3) is 4.10. The first-order valence-electron chi connectivity index (χ1n) is 6.98. The van der Waals surface area contributed by atoms with Crippen molar-refractivity contribution >= 4 is 17.5 Å². The van der Waals surface area contributed by atoms with Gasteiger partial charge in [0.15, 0.2) is 6.10 Å². The average molecular weight is 300 g/mol. The van der Waals surface area contributed by atoms with E-state index in [0.717, 1.165) is 25.7 Å². The van der Waals surface area contributed by atoms with Gasteiger partial charge >= 0.3 is 0 Å². The van der Waals surface area contributed by atoms with Gasteiger partial charge in [0.2, 0.25) is 0 Å². The molecule has 0 aliphatic heterocycles. The second kappa shape index (κ2) is 6.93. The molecule has 1 aromatic rings. The third-order valence-electron chi connectivity index (χ3n) is 3.52. The van der Waals surface area contributed by atoms with Crippen LogP contribution in [0.2, 0.25) is 5.02 Å². The number of ether oxygens (including phenoxy) is 1. The molecule has 2 rings (SSSR count). The van der Waals surface area contributed by atoms with Gasteiger partial charge in [-0.1, -0.05) is 30.9 Å². The lowest BCUT2D eigenvalue weighted by molar-refractivity contribution is -0.128. The normalized spacial score (nSPS) is 17.6. The molecule has 1 aliphatic rings. The lowest BCUT2D eigenvalue weighted by atomic mass is 9.95. The monoisotopic (exact) mass is 299 g/mol. The van der Waals surface area contributed by atoms with E-state index in [1.54, 1.807) is 13.0 Å². The van der Waals surface area contributed by atoms with Crippen LogP contribution in [0.15, 0.2) is 18.2 Å². The highest BCUT2D eigenvalue weighted by Gasteiger charge is 2.20. The molecule has 0 spiro atoms. The number of amides is 1. The van der Waals surface area contributed by atoms with Gasteiger partial charge in [0.25, 0.3) is 5.91 Å². The van der Waals surface area contributed by atoms with E-state index in [2.05, 4.69) is 5.32 Å². The second-order valence-corrected chi connectivity index (χ2v) is 5.59. The molecule has 0 radical (unpaired) electrons. The van der Waals surface area contributed by atoms with E-state index in [9.17, 15) is 9.18 Å². The van der Waals surface area contributed by atoms with Crippen molar-refractivity contribution in [3.05, 3.63) is 29.0 Å². The number of hydrogen-bond donors (Lipinski definition) is 1. The average Bonchev–Trinajstić information content (AvgIpc) is 2.44. The van der Waals surface area contributed by atoms with Crippen molar-refractivity contribution in [2.75, 3.05) is 0 Å². The minimum absolute atomic E-state index is 0.0386. The Morgan fingerprint density at radius 1 is 1.40 bits per heavy atom. The van der Waals surface area contributed by atoms with Gasteiger partial charge in [-0.15, -0.1) is 0 Å². The first-order chi connectivity index (χ1) is 9.56. The van der Waals surface area contributed by atoms with Crippen LogP contribution in [0.5, 0.6) is 5.75 Å². The van der Waals surface area contributed by atoms with Crippen LogP contribution in [0, 0.1) is 5.82 Å². The minimum atomic E-state index is -0.655. The highest BCUT2D eigenvalue weighted by Crippen LogP contribution is 2.22. The molecule has 20 heavy (non-hydrogen) atoms. The van der Waals surface area contributed by atoms with E-state index in [4.69, 9.17) is 16.3 Å². The zero-order valence-electron chi connectivity index (χ0n) is 11.5. The van der Waals surface area contributed by atoms with Crippen LogP contribution in [0.1, 0.15) is 39.0 Å². The molecule has 1 aliphatic carbocycles. The van der Waals surface area contributed by atoms with Crippen molar-refractivity contribution < 1.29 is 13.9 Å². The van der Waals surface area contributed by atoms with Gasteiger partial charge in [0.05, 0.1) is 5.02 Å². The van der Waals surface area contributed by atoms with E-state index < -0.39 is 11.9 Å². The molecule has 0 aromatic heterocycles. The van der Waals surface area contributed by atoms with E-state index in [1.807, 2.05) is 0 Å². The van der Waals surface area contributed by atoms with Gasteiger partial charge in [-0.25, -0.2) is 4.39 Å². The van der Waals surface area contributed by atoms with Crippen LogP contribution in [-0.4, -0.2) is 18.1 Å². The Kier molecular flexibility index (Phi) is 5.24. The van der Waals surface area contributed by atoms with Crippen LogP contribution in [0.4, 0.5) is 4.39 Å². The molecule has 1 aromatic carbocycles. The van der Waals surface area contributed by atoms with Gasteiger partial charge in [-0.3, -0.25) is 4.79 Å². The maximum absolute atomic E-state index is 13.3. The Hall–Kier alpha value is -1.29. The molecular formula is C15H19ClFNO2. The fourth-order valence-electron chi connectivity index (χ4n) is 2.37. The fourth-order valence-corrected chi connectivity index (χ4v) is 2.49.